The van der Waals surface area contributed by atoms with E-state index < -0.39 is 0 Å². The molecule has 4 aromatic rings. The van der Waals surface area contributed by atoms with Crippen LogP contribution in [0.25, 0.3) is 16.8 Å². The Hall–Kier alpha value is -4.19. The maximum atomic E-state index is 13.8. The lowest BCUT2D eigenvalue weighted by Crippen LogP contribution is -2.23. The van der Waals surface area contributed by atoms with Gasteiger partial charge in [-0.1, -0.05) is 62.3 Å². The molecule has 0 saturated carbocycles. The molecule has 2 N–H and O–H groups in total. The number of pyridine rings is 1. The van der Waals surface area contributed by atoms with Crippen LogP contribution in [0.3, 0.4) is 0 Å². The van der Waals surface area contributed by atoms with E-state index in [0.29, 0.717) is 30.3 Å². The molecule has 0 spiro atoms. The minimum atomic E-state index is -0.188. The highest BCUT2D eigenvalue weighted by Gasteiger charge is 2.28. The van der Waals surface area contributed by atoms with Crippen LogP contribution >= 0.6 is 0 Å². The molecule has 4 atom stereocenters. The molecule has 1 aliphatic carbocycles. The summed E-state index contributed by atoms with van der Waals surface area (Å²) in [5.74, 6) is 2.78. The second-order valence-electron chi connectivity index (χ2n) is 13.1. The molecule has 45 heavy (non-hydrogen) atoms. The lowest BCUT2D eigenvalue weighted by Gasteiger charge is -2.33. The molecular weight excluding hydrogens is 559 g/mol. The smallest absolute Gasteiger partial charge is 0.240 e. The Morgan fingerprint density at radius 1 is 1.00 bits per heavy atom. The average molecular weight is 605 g/mol. The Labute approximate surface area is 266 Å². The Morgan fingerprint density at radius 3 is 2.56 bits per heavy atom. The normalized spacial score (nSPS) is 22.4. The number of nitrogens with two attached hydrogens (primary N) is 1. The van der Waals surface area contributed by atoms with Crippen molar-refractivity contribution < 1.29 is 9.13 Å². The lowest BCUT2D eigenvalue weighted by molar-refractivity contribution is 0.219. The number of halogens is 1. The van der Waals surface area contributed by atoms with Gasteiger partial charge in [-0.25, -0.2) is 8.91 Å². The summed E-state index contributed by atoms with van der Waals surface area (Å²) >= 11 is 0. The van der Waals surface area contributed by atoms with E-state index in [4.69, 9.17) is 10.5 Å². The van der Waals surface area contributed by atoms with Crippen LogP contribution in [-0.4, -0.2) is 21.2 Å². The van der Waals surface area contributed by atoms with Crippen molar-refractivity contribution in [3.05, 3.63) is 112 Å². The van der Waals surface area contributed by atoms with Gasteiger partial charge >= 0.3 is 0 Å². The topological polar surface area (TPSA) is 65.4 Å². The molecule has 0 saturated heterocycles. The molecule has 4 unspecified atom stereocenters. The number of benzene rings is 2. The predicted octanol–water partition coefficient (Wildman–Crippen LogP) is 9.19. The summed E-state index contributed by atoms with van der Waals surface area (Å²) in [6.07, 6.45) is 11.7. The van der Waals surface area contributed by atoms with E-state index >= 15 is 0 Å². The van der Waals surface area contributed by atoms with Gasteiger partial charge in [0.1, 0.15) is 11.6 Å². The first-order chi connectivity index (χ1) is 21.7. The number of hydrogen-bond acceptors (Lipinski definition) is 4. The van der Waals surface area contributed by atoms with Crippen molar-refractivity contribution in [2.75, 3.05) is 12.3 Å². The standard InChI is InChI=1S/C39H45FN4O/c1-6-29-10-7-24(2)26(4)27(5)35(20-28-8-13-34(40)14-9-28)36(29)22-30-17-18-45-37-15-11-31(21-33(37)19-25(30)3)32-12-16-38-42-39(41)43-44(38)23-32/h7-16,21,23-25,29-30H,6,17-20,22H2,1-5H3,(H2,41,43). The molecule has 1 aliphatic heterocycles. The van der Waals surface area contributed by atoms with Crippen LogP contribution in [0.15, 0.2) is 95.2 Å². The number of nitrogens with zero attached hydrogens (tertiary/aromatic N) is 3. The van der Waals surface area contributed by atoms with Gasteiger partial charge in [-0.05, 0) is 134 Å². The second kappa shape index (κ2) is 13.0. The van der Waals surface area contributed by atoms with Crippen LogP contribution in [0.5, 0.6) is 5.75 Å². The van der Waals surface area contributed by atoms with Crippen molar-refractivity contribution in [2.24, 2.45) is 23.7 Å². The van der Waals surface area contributed by atoms with Crippen LogP contribution in [0.2, 0.25) is 0 Å². The lowest BCUT2D eigenvalue weighted by atomic mass is 9.73. The van der Waals surface area contributed by atoms with Gasteiger partial charge < -0.3 is 10.5 Å². The zero-order chi connectivity index (χ0) is 31.7. The predicted molar refractivity (Wildman–Crippen MR) is 182 cm³/mol. The van der Waals surface area contributed by atoms with Crippen LogP contribution in [0.4, 0.5) is 10.3 Å². The number of rotatable bonds is 6. The van der Waals surface area contributed by atoms with E-state index in [1.807, 2.05) is 24.4 Å². The third-order valence-electron chi connectivity index (χ3n) is 10.2. The third-order valence-corrected chi connectivity index (χ3v) is 10.2. The van der Waals surface area contributed by atoms with Gasteiger partial charge in [0.05, 0.1) is 6.61 Å². The van der Waals surface area contributed by atoms with Crippen LogP contribution in [0.1, 0.15) is 65.0 Å². The quantitative estimate of drug-likeness (QED) is 0.223. The Balaban J connectivity index is 1.33. The average Bonchev–Trinajstić information content (AvgIpc) is 3.41. The minimum absolute atomic E-state index is 0.188. The van der Waals surface area contributed by atoms with Gasteiger partial charge in [0.15, 0.2) is 5.65 Å². The van der Waals surface area contributed by atoms with Gasteiger partial charge in [-0.3, -0.25) is 0 Å². The molecule has 234 valence electrons. The molecule has 2 aromatic heterocycles. The molecular formula is C39H45FN4O. The van der Waals surface area contributed by atoms with Crippen LogP contribution < -0.4 is 10.5 Å². The van der Waals surface area contributed by atoms with Gasteiger partial charge in [-0.2, -0.15) is 4.98 Å². The highest BCUT2D eigenvalue weighted by atomic mass is 19.1. The zero-order valence-corrected chi connectivity index (χ0v) is 27.2. The fraction of sp³-hybridized carbons (Fsp3) is 0.385. The number of allylic oxidation sites excluding steroid dienone is 6. The van der Waals surface area contributed by atoms with E-state index in [-0.39, 0.29) is 11.8 Å². The number of hydrogen-bond donors (Lipinski definition) is 1. The fourth-order valence-corrected chi connectivity index (χ4v) is 7.15. The van der Waals surface area contributed by atoms with Crippen molar-refractivity contribution in [1.29, 1.82) is 0 Å². The number of anilines is 1. The monoisotopic (exact) mass is 604 g/mol. The first-order valence-corrected chi connectivity index (χ1v) is 16.4. The molecule has 0 amide bonds. The van der Waals surface area contributed by atoms with E-state index in [1.54, 1.807) is 16.6 Å². The summed E-state index contributed by atoms with van der Waals surface area (Å²) in [5.41, 5.74) is 16.9. The molecule has 0 fully saturated rings. The second-order valence-corrected chi connectivity index (χ2v) is 13.1. The molecule has 2 aliphatic rings. The molecule has 3 heterocycles. The van der Waals surface area contributed by atoms with Crippen molar-refractivity contribution in [1.82, 2.24) is 14.6 Å². The summed E-state index contributed by atoms with van der Waals surface area (Å²) in [6, 6.07) is 17.6. The van der Waals surface area contributed by atoms with Crippen LogP contribution in [-0.2, 0) is 12.8 Å². The number of ether oxygens (including phenoxy) is 1. The number of fused-ring (bicyclic) bond motifs is 2. The summed E-state index contributed by atoms with van der Waals surface area (Å²) in [5, 5.41) is 4.30. The zero-order valence-electron chi connectivity index (χ0n) is 27.2. The molecule has 0 bridgehead atoms. The third kappa shape index (κ3) is 6.61. The highest BCUT2D eigenvalue weighted by Crippen LogP contribution is 2.41. The van der Waals surface area contributed by atoms with Crippen LogP contribution in [0, 0.1) is 29.5 Å². The van der Waals surface area contributed by atoms with E-state index in [0.717, 1.165) is 60.2 Å². The van der Waals surface area contributed by atoms with Crippen molar-refractivity contribution in [3.63, 3.8) is 0 Å². The van der Waals surface area contributed by atoms with Crippen molar-refractivity contribution in [2.45, 2.75) is 66.7 Å². The number of nitrogen functional groups attached to an aromatic ring is 1. The summed E-state index contributed by atoms with van der Waals surface area (Å²) < 4.78 is 22.0. The molecule has 6 heteroatoms. The maximum Gasteiger partial charge on any atom is 0.240 e. The molecule has 6 rings (SSSR count). The number of aromatic nitrogens is 3. The first-order valence-electron chi connectivity index (χ1n) is 16.4. The Bertz CT molecular complexity index is 1780. The van der Waals surface area contributed by atoms with Crippen molar-refractivity contribution >= 4 is 11.6 Å². The highest BCUT2D eigenvalue weighted by molar-refractivity contribution is 5.67. The fourth-order valence-electron chi connectivity index (χ4n) is 7.15. The van der Waals surface area contributed by atoms with E-state index in [9.17, 15) is 4.39 Å². The summed E-state index contributed by atoms with van der Waals surface area (Å²) in [7, 11) is 0. The minimum Gasteiger partial charge on any atom is -0.493 e. The summed E-state index contributed by atoms with van der Waals surface area (Å²) in [6.45, 7) is 12.3. The Morgan fingerprint density at radius 2 is 1.78 bits per heavy atom. The first kappa shape index (κ1) is 30.8. The van der Waals surface area contributed by atoms with E-state index in [1.165, 1.54) is 27.9 Å². The molecule has 2 aromatic carbocycles. The molecule has 0 radical (unpaired) electrons. The van der Waals surface area contributed by atoms with Crippen molar-refractivity contribution in [3.8, 4) is 16.9 Å². The van der Waals surface area contributed by atoms with E-state index in [2.05, 4.69) is 81.1 Å². The maximum absolute atomic E-state index is 13.8. The van der Waals surface area contributed by atoms with Gasteiger partial charge in [0.25, 0.3) is 0 Å². The Kier molecular flexibility index (Phi) is 8.93. The molecule has 5 nitrogen and oxygen atoms in total. The largest absolute Gasteiger partial charge is 0.493 e. The van der Waals surface area contributed by atoms with Gasteiger partial charge in [0.2, 0.25) is 5.95 Å². The SMILES string of the molecule is CCC1C=CC(C)C(C)=C(C)C(Cc2ccc(F)cc2)=C1CC1CCOc2ccc(-c3ccc4nc(N)nn4c3)cc2CC1C. The van der Waals surface area contributed by atoms with Gasteiger partial charge in [-0.15, -0.1) is 5.10 Å². The van der Waals surface area contributed by atoms with Gasteiger partial charge in [0, 0.05) is 11.8 Å². The summed E-state index contributed by atoms with van der Waals surface area (Å²) in [4.78, 5) is 4.26.